The Morgan fingerprint density at radius 3 is 2.21 bits per heavy atom. The van der Waals surface area contributed by atoms with Crippen LogP contribution in [0.2, 0.25) is 0 Å². The molecule has 19 heavy (non-hydrogen) atoms. The lowest BCUT2D eigenvalue weighted by Gasteiger charge is -2.26. The molecule has 1 N–H and O–H groups in total. The molecule has 0 aliphatic rings. The van der Waals surface area contributed by atoms with Gasteiger partial charge in [-0.25, -0.2) is 0 Å². The molecular weight excluding hydrogens is 232 g/mol. The summed E-state index contributed by atoms with van der Waals surface area (Å²) in [6, 6.07) is 7.91. The highest BCUT2D eigenvalue weighted by atomic mass is 16.3. The van der Waals surface area contributed by atoms with Gasteiger partial charge in [0.05, 0.1) is 0 Å². The Morgan fingerprint density at radius 2 is 1.63 bits per heavy atom. The van der Waals surface area contributed by atoms with Crippen LogP contribution in [-0.4, -0.2) is 5.11 Å². The molecule has 0 saturated carbocycles. The van der Waals surface area contributed by atoms with E-state index < -0.39 is 0 Å². The fourth-order valence-electron chi connectivity index (χ4n) is 3.09. The van der Waals surface area contributed by atoms with Gasteiger partial charge in [0.2, 0.25) is 0 Å². The molecule has 1 nitrogen and oxygen atoms in total. The first-order valence-electron chi connectivity index (χ1n) is 8.02. The quantitative estimate of drug-likeness (QED) is 0.551. The maximum atomic E-state index is 10.1. The van der Waals surface area contributed by atoms with Crippen molar-refractivity contribution in [1.82, 2.24) is 0 Å². The second-order valence-corrected chi connectivity index (χ2v) is 5.59. The summed E-state index contributed by atoms with van der Waals surface area (Å²) in [5.41, 5.74) is 1.16. The number of hydrogen-bond donors (Lipinski definition) is 1. The van der Waals surface area contributed by atoms with Gasteiger partial charge in [0, 0.05) is 0 Å². The van der Waals surface area contributed by atoms with Crippen molar-refractivity contribution >= 4 is 0 Å². The summed E-state index contributed by atoms with van der Waals surface area (Å²) in [5, 5.41) is 10.1. The SMILES string of the molecule is CCCCCCC(c1ccccc1O)C(CC)CC. The van der Waals surface area contributed by atoms with E-state index in [0.717, 1.165) is 5.56 Å². The lowest BCUT2D eigenvalue weighted by molar-refractivity contribution is 0.354. The van der Waals surface area contributed by atoms with Gasteiger partial charge in [0.15, 0.2) is 0 Å². The molecular formula is C18H30O. The number of benzene rings is 1. The molecule has 0 fully saturated rings. The van der Waals surface area contributed by atoms with Crippen LogP contribution in [0.5, 0.6) is 5.75 Å². The highest BCUT2D eigenvalue weighted by molar-refractivity contribution is 5.35. The number of hydrogen-bond acceptors (Lipinski definition) is 1. The molecule has 0 heterocycles. The van der Waals surface area contributed by atoms with E-state index in [-0.39, 0.29) is 0 Å². The third-order valence-corrected chi connectivity index (χ3v) is 4.32. The lowest BCUT2D eigenvalue weighted by Crippen LogP contribution is -2.12. The molecule has 1 unspecified atom stereocenters. The molecule has 0 amide bonds. The van der Waals surface area contributed by atoms with Crippen LogP contribution in [0.15, 0.2) is 24.3 Å². The van der Waals surface area contributed by atoms with Crippen molar-refractivity contribution in [2.24, 2.45) is 5.92 Å². The number of para-hydroxylation sites is 1. The zero-order valence-corrected chi connectivity index (χ0v) is 12.9. The molecule has 1 aromatic rings. The Morgan fingerprint density at radius 1 is 0.947 bits per heavy atom. The Balaban J connectivity index is 2.77. The number of rotatable bonds is 9. The summed E-state index contributed by atoms with van der Waals surface area (Å²) in [4.78, 5) is 0. The van der Waals surface area contributed by atoms with Gasteiger partial charge < -0.3 is 5.11 Å². The van der Waals surface area contributed by atoms with Gasteiger partial charge in [0.25, 0.3) is 0 Å². The van der Waals surface area contributed by atoms with E-state index >= 15 is 0 Å². The van der Waals surface area contributed by atoms with Gasteiger partial charge in [0.1, 0.15) is 5.75 Å². The summed E-state index contributed by atoms with van der Waals surface area (Å²) in [5.74, 6) is 1.69. The summed E-state index contributed by atoms with van der Waals surface area (Å²) in [6.07, 6.45) is 8.82. The van der Waals surface area contributed by atoms with Gasteiger partial charge >= 0.3 is 0 Å². The molecule has 0 aliphatic heterocycles. The van der Waals surface area contributed by atoms with Crippen LogP contribution in [0, 0.1) is 5.92 Å². The first-order chi connectivity index (χ1) is 9.24. The van der Waals surface area contributed by atoms with Crippen LogP contribution in [0.1, 0.15) is 77.2 Å². The molecule has 108 valence electrons. The number of unbranched alkanes of at least 4 members (excludes halogenated alkanes) is 3. The zero-order valence-electron chi connectivity index (χ0n) is 12.9. The van der Waals surface area contributed by atoms with Crippen molar-refractivity contribution in [2.45, 2.75) is 71.6 Å². The van der Waals surface area contributed by atoms with Gasteiger partial charge in [-0.05, 0) is 29.9 Å². The van der Waals surface area contributed by atoms with E-state index in [1.165, 1.54) is 44.9 Å². The fourth-order valence-corrected chi connectivity index (χ4v) is 3.09. The number of phenolic OH excluding ortho intramolecular Hbond substituents is 1. The van der Waals surface area contributed by atoms with Crippen LogP contribution >= 0.6 is 0 Å². The first kappa shape index (κ1) is 16.1. The molecule has 0 aromatic heterocycles. The smallest absolute Gasteiger partial charge is 0.119 e. The second-order valence-electron chi connectivity index (χ2n) is 5.59. The molecule has 1 atom stereocenters. The van der Waals surface area contributed by atoms with E-state index in [9.17, 15) is 5.11 Å². The monoisotopic (exact) mass is 262 g/mol. The first-order valence-corrected chi connectivity index (χ1v) is 8.02. The Labute approximate surface area is 119 Å². The normalized spacial score (nSPS) is 12.8. The zero-order chi connectivity index (χ0) is 14.1. The standard InChI is InChI=1S/C18H30O/c1-4-7-8-9-12-16(15(5-2)6-3)17-13-10-11-14-18(17)19/h10-11,13-16,19H,4-9,12H2,1-3H3. The third-order valence-electron chi connectivity index (χ3n) is 4.32. The van der Waals surface area contributed by atoms with Gasteiger partial charge in [-0.2, -0.15) is 0 Å². The molecule has 1 aromatic carbocycles. The lowest BCUT2D eigenvalue weighted by atomic mass is 9.79. The average molecular weight is 262 g/mol. The van der Waals surface area contributed by atoms with Crippen LogP contribution < -0.4 is 0 Å². The summed E-state index contributed by atoms with van der Waals surface area (Å²) in [6.45, 7) is 6.79. The van der Waals surface area contributed by atoms with Crippen molar-refractivity contribution in [3.05, 3.63) is 29.8 Å². The van der Waals surface area contributed by atoms with Crippen LogP contribution in [0.25, 0.3) is 0 Å². The minimum Gasteiger partial charge on any atom is -0.508 e. The van der Waals surface area contributed by atoms with Crippen molar-refractivity contribution < 1.29 is 5.11 Å². The highest BCUT2D eigenvalue weighted by Crippen LogP contribution is 2.38. The van der Waals surface area contributed by atoms with Gasteiger partial charge in [-0.3, -0.25) is 0 Å². The summed E-state index contributed by atoms with van der Waals surface area (Å²) < 4.78 is 0. The van der Waals surface area contributed by atoms with Crippen molar-refractivity contribution in [2.75, 3.05) is 0 Å². The Hall–Kier alpha value is -0.980. The van der Waals surface area contributed by atoms with Crippen LogP contribution in [0.3, 0.4) is 0 Å². The minimum absolute atomic E-state index is 0.481. The average Bonchev–Trinajstić information content (AvgIpc) is 2.43. The molecule has 0 bridgehead atoms. The molecule has 0 spiro atoms. The number of phenols is 1. The largest absolute Gasteiger partial charge is 0.508 e. The third kappa shape index (κ3) is 4.89. The van der Waals surface area contributed by atoms with E-state index in [2.05, 4.69) is 32.9 Å². The Kier molecular flexibility index (Phi) is 7.62. The van der Waals surface area contributed by atoms with Gasteiger partial charge in [-0.1, -0.05) is 77.5 Å². The molecule has 0 radical (unpaired) electrons. The van der Waals surface area contributed by atoms with Crippen LogP contribution in [0.4, 0.5) is 0 Å². The summed E-state index contributed by atoms with van der Waals surface area (Å²) >= 11 is 0. The molecule has 0 aliphatic carbocycles. The maximum absolute atomic E-state index is 10.1. The molecule has 1 heteroatoms. The van der Waals surface area contributed by atoms with Crippen molar-refractivity contribution in [3.8, 4) is 5.75 Å². The minimum atomic E-state index is 0.481. The molecule has 0 saturated heterocycles. The van der Waals surface area contributed by atoms with E-state index in [0.29, 0.717) is 17.6 Å². The van der Waals surface area contributed by atoms with Crippen molar-refractivity contribution in [3.63, 3.8) is 0 Å². The maximum Gasteiger partial charge on any atom is 0.119 e. The highest BCUT2D eigenvalue weighted by Gasteiger charge is 2.22. The van der Waals surface area contributed by atoms with E-state index in [1.54, 1.807) is 0 Å². The van der Waals surface area contributed by atoms with E-state index in [1.807, 2.05) is 12.1 Å². The second kappa shape index (κ2) is 9.01. The predicted octanol–water partition coefficient (Wildman–Crippen LogP) is 5.88. The van der Waals surface area contributed by atoms with Crippen LogP contribution in [-0.2, 0) is 0 Å². The molecule has 1 rings (SSSR count). The van der Waals surface area contributed by atoms with Crippen molar-refractivity contribution in [1.29, 1.82) is 0 Å². The Bertz CT molecular complexity index is 341. The summed E-state index contributed by atoms with van der Waals surface area (Å²) in [7, 11) is 0. The predicted molar refractivity (Wildman–Crippen MR) is 83.7 cm³/mol. The topological polar surface area (TPSA) is 20.2 Å². The fraction of sp³-hybridized carbons (Fsp3) is 0.667. The number of aromatic hydroxyl groups is 1. The van der Waals surface area contributed by atoms with Gasteiger partial charge in [-0.15, -0.1) is 0 Å². The van der Waals surface area contributed by atoms with E-state index in [4.69, 9.17) is 0 Å².